The highest BCUT2D eigenvalue weighted by Gasteiger charge is 2.36. The molecule has 0 radical (unpaired) electrons. The summed E-state index contributed by atoms with van der Waals surface area (Å²) in [7, 11) is 0. The molecule has 8 heteroatoms. The van der Waals surface area contributed by atoms with Gasteiger partial charge < -0.3 is 14.5 Å². The molecule has 1 atom stereocenters. The molecular formula is C28H36N4O4. The maximum Gasteiger partial charge on any atom is 0.342 e. The van der Waals surface area contributed by atoms with Gasteiger partial charge in [0.05, 0.1) is 12.3 Å². The van der Waals surface area contributed by atoms with Crippen molar-refractivity contribution in [2.45, 2.75) is 65.3 Å². The number of piperazine rings is 1. The zero-order valence-corrected chi connectivity index (χ0v) is 21.5. The molecule has 2 aliphatic rings. The molecule has 1 saturated carbocycles. The van der Waals surface area contributed by atoms with Crippen LogP contribution in [-0.2, 0) is 16.0 Å². The first-order chi connectivity index (χ1) is 17.4. The summed E-state index contributed by atoms with van der Waals surface area (Å²) in [6.07, 6.45) is 5.41. The number of benzene rings is 1. The van der Waals surface area contributed by atoms with Gasteiger partial charge in [0.1, 0.15) is 11.3 Å². The third kappa shape index (κ3) is 5.42. The Labute approximate surface area is 213 Å². The third-order valence-corrected chi connectivity index (χ3v) is 7.09. The molecule has 1 aromatic heterocycles. The summed E-state index contributed by atoms with van der Waals surface area (Å²) in [6, 6.07) is 9.36. The van der Waals surface area contributed by atoms with Gasteiger partial charge in [-0.1, -0.05) is 56.5 Å². The summed E-state index contributed by atoms with van der Waals surface area (Å²) in [5.74, 6) is -0.171. The van der Waals surface area contributed by atoms with E-state index in [1.54, 1.807) is 11.8 Å². The first kappa shape index (κ1) is 25.8. The van der Waals surface area contributed by atoms with Crippen LogP contribution in [0, 0.1) is 5.92 Å². The van der Waals surface area contributed by atoms with Gasteiger partial charge in [0.25, 0.3) is 5.91 Å². The lowest BCUT2D eigenvalue weighted by atomic mass is 10.0. The second-order valence-corrected chi connectivity index (χ2v) is 9.67. The van der Waals surface area contributed by atoms with Crippen molar-refractivity contribution < 1.29 is 19.1 Å². The van der Waals surface area contributed by atoms with Crippen LogP contribution in [0.2, 0.25) is 0 Å². The number of nitrogens with zero attached hydrogens (tertiary/aromatic N) is 4. The molecule has 192 valence electrons. The van der Waals surface area contributed by atoms with Crippen LogP contribution in [-0.4, -0.2) is 69.8 Å². The van der Waals surface area contributed by atoms with Gasteiger partial charge in [-0.3, -0.25) is 9.59 Å². The fourth-order valence-corrected chi connectivity index (χ4v) is 5.24. The monoisotopic (exact) mass is 492 g/mol. The number of esters is 1. The predicted octanol–water partition coefficient (Wildman–Crippen LogP) is 4.14. The highest BCUT2D eigenvalue weighted by atomic mass is 16.5. The molecule has 2 fully saturated rings. The van der Waals surface area contributed by atoms with E-state index in [4.69, 9.17) is 4.74 Å². The van der Waals surface area contributed by atoms with Gasteiger partial charge in [-0.15, -0.1) is 0 Å². The number of hydrogen-bond acceptors (Lipinski definition) is 6. The summed E-state index contributed by atoms with van der Waals surface area (Å²) < 4.78 is 5.32. The lowest BCUT2D eigenvalue weighted by Crippen LogP contribution is -2.56. The van der Waals surface area contributed by atoms with Crippen molar-refractivity contribution in [3.63, 3.8) is 0 Å². The number of rotatable bonds is 7. The largest absolute Gasteiger partial charge is 0.462 e. The Balaban J connectivity index is 1.66. The Morgan fingerprint density at radius 2 is 1.75 bits per heavy atom. The fraction of sp³-hybridized carbons (Fsp3) is 0.536. The van der Waals surface area contributed by atoms with E-state index in [9.17, 15) is 14.4 Å². The van der Waals surface area contributed by atoms with E-state index in [1.165, 1.54) is 0 Å². The average Bonchev–Trinajstić information content (AvgIpc) is 3.43. The van der Waals surface area contributed by atoms with Gasteiger partial charge in [0.2, 0.25) is 5.91 Å². The third-order valence-electron chi connectivity index (χ3n) is 7.09. The molecule has 2 aromatic rings. The van der Waals surface area contributed by atoms with Crippen molar-refractivity contribution in [1.82, 2.24) is 19.8 Å². The minimum atomic E-state index is -0.577. The zero-order valence-electron chi connectivity index (χ0n) is 21.5. The molecule has 1 saturated heterocycles. The Bertz CT molecular complexity index is 1100. The molecule has 36 heavy (non-hydrogen) atoms. The highest BCUT2D eigenvalue weighted by Crippen LogP contribution is 2.29. The van der Waals surface area contributed by atoms with Crippen LogP contribution in [0.5, 0.6) is 0 Å². The van der Waals surface area contributed by atoms with Crippen LogP contribution in [0.25, 0.3) is 11.4 Å². The van der Waals surface area contributed by atoms with Crippen LogP contribution >= 0.6 is 0 Å². The lowest BCUT2D eigenvalue weighted by Gasteiger charge is -2.41. The van der Waals surface area contributed by atoms with Gasteiger partial charge in [0.15, 0.2) is 5.82 Å². The second-order valence-electron chi connectivity index (χ2n) is 9.67. The summed E-state index contributed by atoms with van der Waals surface area (Å²) in [6.45, 7) is 7.19. The van der Waals surface area contributed by atoms with Gasteiger partial charge >= 0.3 is 5.97 Å². The van der Waals surface area contributed by atoms with Crippen molar-refractivity contribution in [3.05, 3.63) is 47.3 Å². The standard InChI is InChI=1S/C28H36N4O4/c1-4-11-22-23(28(35)36-5-2)24(30-25(29-22)20-12-7-6-8-13-20)27(34)31-16-17-32(19(3)18-31)26(33)21-14-9-10-15-21/h6-8,12-13,19,21H,4-5,9-11,14-18H2,1-3H3. The maximum atomic E-state index is 13.9. The smallest absolute Gasteiger partial charge is 0.342 e. The number of amides is 2. The lowest BCUT2D eigenvalue weighted by molar-refractivity contribution is -0.139. The highest BCUT2D eigenvalue weighted by molar-refractivity contribution is 6.05. The summed E-state index contributed by atoms with van der Waals surface area (Å²) in [5.41, 5.74) is 1.53. The topological polar surface area (TPSA) is 92.7 Å². The second kappa shape index (κ2) is 11.6. The van der Waals surface area contributed by atoms with E-state index in [0.29, 0.717) is 37.6 Å². The predicted molar refractivity (Wildman–Crippen MR) is 136 cm³/mol. The van der Waals surface area contributed by atoms with Crippen molar-refractivity contribution in [2.24, 2.45) is 5.92 Å². The SMILES string of the molecule is CCCc1nc(-c2ccccc2)nc(C(=O)N2CCN(C(=O)C3CCCC3)C(C)C2)c1C(=O)OCC. The van der Waals surface area contributed by atoms with Crippen molar-refractivity contribution in [3.8, 4) is 11.4 Å². The van der Waals surface area contributed by atoms with E-state index in [1.807, 2.05) is 49.1 Å². The van der Waals surface area contributed by atoms with Gasteiger partial charge in [-0.2, -0.15) is 0 Å². The molecule has 1 aliphatic heterocycles. The molecule has 1 unspecified atom stereocenters. The number of ether oxygens (including phenoxy) is 1. The Hall–Kier alpha value is -3.29. The number of carbonyl (C=O) groups excluding carboxylic acids is 3. The molecule has 1 aliphatic carbocycles. The van der Waals surface area contributed by atoms with Crippen LogP contribution in [0.15, 0.2) is 30.3 Å². The Morgan fingerprint density at radius 3 is 2.39 bits per heavy atom. The molecule has 0 spiro atoms. The van der Waals surface area contributed by atoms with Crippen LogP contribution < -0.4 is 0 Å². The van der Waals surface area contributed by atoms with E-state index >= 15 is 0 Å². The zero-order chi connectivity index (χ0) is 25.7. The van der Waals surface area contributed by atoms with E-state index < -0.39 is 5.97 Å². The number of carbonyl (C=O) groups is 3. The minimum absolute atomic E-state index is 0.0773. The van der Waals surface area contributed by atoms with Crippen LogP contribution in [0.3, 0.4) is 0 Å². The molecule has 2 heterocycles. The van der Waals surface area contributed by atoms with Crippen LogP contribution in [0.4, 0.5) is 0 Å². The number of aryl methyl sites for hydroxylation is 1. The van der Waals surface area contributed by atoms with Crippen LogP contribution in [0.1, 0.15) is 79.4 Å². The van der Waals surface area contributed by atoms with Gasteiger partial charge in [-0.05, 0) is 33.1 Å². The first-order valence-electron chi connectivity index (χ1n) is 13.2. The molecule has 0 N–H and O–H groups in total. The maximum absolute atomic E-state index is 13.9. The summed E-state index contributed by atoms with van der Waals surface area (Å²) in [4.78, 5) is 52.9. The van der Waals surface area contributed by atoms with Crippen molar-refractivity contribution in [2.75, 3.05) is 26.2 Å². The fourth-order valence-electron chi connectivity index (χ4n) is 5.24. The minimum Gasteiger partial charge on any atom is -0.462 e. The molecule has 2 amide bonds. The average molecular weight is 493 g/mol. The Morgan fingerprint density at radius 1 is 1.03 bits per heavy atom. The van der Waals surface area contributed by atoms with E-state index in [2.05, 4.69) is 9.97 Å². The van der Waals surface area contributed by atoms with Crippen molar-refractivity contribution in [1.29, 1.82) is 0 Å². The summed E-state index contributed by atoms with van der Waals surface area (Å²) >= 11 is 0. The van der Waals surface area contributed by atoms with E-state index in [-0.39, 0.29) is 41.6 Å². The number of aromatic nitrogens is 2. The molecule has 4 rings (SSSR count). The summed E-state index contributed by atoms with van der Waals surface area (Å²) in [5, 5.41) is 0. The molecule has 8 nitrogen and oxygen atoms in total. The van der Waals surface area contributed by atoms with Gasteiger partial charge in [-0.25, -0.2) is 14.8 Å². The van der Waals surface area contributed by atoms with Crippen molar-refractivity contribution >= 4 is 17.8 Å². The quantitative estimate of drug-likeness (QED) is 0.540. The normalized spacial score (nSPS) is 18.4. The first-order valence-corrected chi connectivity index (χ1v) is 13.2. The van der Waals surface area contributed by atoms with E-state index in [0.717, 1.165) is 37.7 Å². The molecule has 0 bridgehead atoms. The molecule has 1 aromatic carbocycles. The Kier molecular flexibility index (Phi) is 8.33. The number of hydrogen-bond donors (Lipinski definition) is 0. The van der Waals surface area contributed by atoms with Gasteiger partial charge in [0, 0.05) is 37.2 Å². The molecular weight excluding hydrogens is 456 g/mol.